The van der Waals surface area contributed by atoms with Crippen molar-refractivity contribution >= 4 is 13.8 Å². The van der Waals surface area contributed by atoms with Crippen molar-refractivity contribution in [1.82, 2.24) is 0 Å². The predicted octanol–water partition coefficient (Wildman–Crippen LogP) is 5.58. The lowest BCUT2D eigenvalue weighted by molar-refractivity contribution is -0.139. The highest BCUT2D eigenvalue weighted by molar-refractivity contribution is 7.47. The number of carbonyl (C=O) groups is 1. The second-order valence-corrected chi connectivity index (χ2v) is 11.6. The second kappa shape index (κ2) is 25.4. The van der Waals surface area contributed by atoms with Crippen LogP contribution in [0.4, 0.5) is 0 Å². The Balaban J connectivity index is 3.62. The van der Waals surface area contributed by atoms with Crippen LogP contribution in [0.5, 0.6) is 0 Å². The molecule has 11 heteroatoms. The van der Waals surface area contributed by atoms with Crippen molar-refractivity contribution in [3.8, 4) is 0 Å². The molecule has 0 aliphatic carbocycles. The summed E-state index contributed by atoms with van der Waals surface area (Å²) >= 11 is 0. The molecule has 5 N–H and O–H groups in total. The molecular formula is C27H56NO9P. The van der Waals surface area contributed by atoms with Crippen LogP contribution < -0.4 is 5.73 Å². The van der Waals surface area contributed by atoms with Crippen LogP contribution in [0.2, 0.25) is 0 Å². The minimum Gasteiger partial charge on any atom is -0.480 e. The molecule has 0 rings (SSSR count). The summed E-state index contributed by atoms with van der Waals surface area (Å²) in [6, 6.07) is -1.45. The molecule has 0 aliphatic rings. The van der Waals surface area contributed by atoms with Gasteiger partial charge in [0.25, 0.3) is 0 Å². The number of aliphatic hydroxyl groups is 1. The highest BCUT2D eigenvalue weighted by atomic mass is 31.2. The zero-order chi connectivity index (χ0) is 28.5. The number of hydrogen-bond acceptors (Lipinski definition) is 8. The van der Waals surface area contributed by atoms with E-state index in [0.29, 0.717) is 6.61 Å². The molecule has 0 spiro atoms. The molecule has 0 saturated heterocycles. The summed E-state index contributed by atoms with van der Waals surface area (Å²) in [4.78, 5) is 20.1. The number of phosphoric acid groups is 1. The topological polar surface area (TPSA) is 158 Å². The zero-order valence-electron chi connectivity index (χ0n) is 23.9. The fourth-order valence-corrected chi connectivity index (χ4v) is 4.82. The molecule has 0 saturated carbocycles. The molecule has 228 valence electrons. The van der Waals surface area contributed by atoms with E-state index in [1.807, 2.05) is 0 Å². The molecule has 0 aromatic heterocycles. The van der Waals surface area contributed by atoms with Gasteiger partial charge in [-0.3, -0.25) is 13.8 Å². The lowest BCUT2D eigenvalue weighted by atomic mass is 10.0. The first-order valence-corrected chi connectivity index (χ1v) is 16.1. The minimum atomic E-state index is -4.52. The molecule has 4 atom stereocenters. The highest BCUT2D eigenvalue weighted by Gasteiger charge is 2.25. The van der Waals surface area contributed by atoms with Crippen molar-refractivity contribution in [3.05, 3.63) is 0 Å². The number of aliphatic hydroxyl groups excluding tert-OH is 1. The van der Waals surface area contributed by atoms with E-state index in [2.05, 4.69) is 16.0 Å². The first-order valence-electron chi connectivity index (χ1n) is 14.6. The minimum absolute atomic E-state index is 0.0838. The van der Waals surface area contributed by atoms with Gasteiger partial charge >= 0.3 is 13.8 Å². The van der Waals surface area contributed by atoms with Crippen molar-refractivity contribution in [1.29, 1.82) is 0 Å². The van der Waals surface area contributed by atoms with Gasteiger partial charge in [-0.05, 0) is 6.42 Å². The lowest BCUT2D eigenvalue weighted by Gasteiger charge is -2.18. The Morgan fingerprint density at radius 1 is 0.763 bits per heavy atom. The standard InChI is InChI=1S/C27H56NO9P/c1-3-4-5-6-7-8-9-10-11-12-13-14-15-16-17-18-19-25(34-2)22-35-20-24(29)21-36-38(32,33)37-23-26(28)27(30)31/h24-26,29H,3-23,28H2,1-2H3,(H,30,31)(H,32,33). The van der Waals surface area contributed by atoms with Crippen LogP contribution in [0, 0.1) is 0 Å². The van der Waals surface area contributed by atoms with E-state index in [-0.39, 0.29) is 12.7 Å². The summed E-state index contributed by atoms with van der Waals surface area (Å²) in [5.74, 6) is -1.37. The fourth-order valence-electron chi connectivity index (χ4n) is 4.04. The highest BCUT2D eigenvalue weighted by Crippen LogP contribution is 2.43. The van der Waals surface area contributed by atoms with E-state index in [0.717, 1.165) is 19.3 Å². The molecular weight excluding hydrogens is 513 g/mol. The number of aliphatic carboxylic acids is 1. The van der Waals surface area contributed by atoms with E-state index >= 15 is 0 Å². The zero-order valence-corrected chi connectivity index (χ0v) is 24.8. The van der Waals surface area contributed by atoms with Crippen LogP contribution in [0.3, 0.4) is 0 Å². The molecule has 0 aliphatic heterocycles. The summed E-state index contributed by atoms with van der Waals surface area (Å²) in [5, 5.41) is 18.5. The van der Waals surface area contributed by atoms with Gasteiger partial charge in [-0.1, -0.05) is 110 Å². The average molecular weight is 570 g/mol. The van der Waals surface area contributed by atoms with Gasteiger partial charge in [0.2, 0.25) is 0 Å². The van der Waals surface area contributed by atoms with E-state index in [4.69, 9.17) is 20.3 Å². The Kier molecular flexibility index (Phi) is 25.0. The molecule has 0 aromatic carbocycles. The normalized spacial score (nSPS) is 15.7. The number of carboxylic acid groups (broad SMARTS) is 1. The van der Waals surface area contributed by atoms with Crippen LogP contribution >= 0.6 is 7.82 Å². The van der Waals surface area contributed by atoms with Gasteiger partial charge in [0.1, 0.15) is 12.1 Å². The Morgan fingerprint density at radius 2 is 1.21 bits per heavy atom. The van der Waals surface area contributed by atoms with Gasteiger partial charge in [-0.2, -0.15) is 0 Å². The van der Waals surface area contributed by atoms with Crippen LogP contribution in [-0.4, -0.2) is 72.9 Å². The molecule has 4 unspecified atom stereocenters. The third kappa shape index (κ3) is 24.5. The second-order valence-electron chi connectivity index (χ2n) is 10.1. The number of carboxylic acids is 1. The van der Waals surface area contributed by atoms with Crippen LogP contribution in [0.15, 0.2) is 0 Å². The van der Waals surface area contributed by atoms with E-state index in [1.54, 1.807) is 7.11 Å². The summed E-state index contributed by atoms with van der Waals surface area (Å²) in [5.41, 5.74) is 5.20. The number of phosphoric ester groups is 1. The number of rotatable bonds is 29. The van der Waals surface area contributed by atoms with Crippen LogP contribution in [0.25, 0.3) is 0 Å². The summed E-state index contributed by atoms with van der Waals surface area (Å²) in [7, 11) is -2.90. The molecule has 0 heterocycles. The largest absolute Gasteiger partial charge is 0.480 e. The third-order valence-corrected chi connectivity index (χ3v) is 7.44. The number of unbranched alkanes of at least 4 members (excludes halogenated alkanes) is 15. The van der Waals surface area contributed by atoms with Gasteiger partial charge in [0.15, 0.2) is 0 Å². The summed E-state index contributed by atoms with van der Waals surface area (Å²) in [6.45, 7) is 1.26. The van der Waals surface area contributed by atoms with Gasteiger partial charge < -0.3 is 30.3 Å². The smallest absolute Gasteiger partial charge is 0.472 e. The molecule has 0 amide bonds. The summed E-state index contributed by atoms with van der Waals surface area (Å²) in [6.07, 6.45) is 20.8. The average Bonchev–Trinajstić information content (AvgIpc) is 2.89. The Bertz CT molecular complexity index is 597. The maximum Gasteiger partial charge on any atom is 0.472 e. The quantitative estimate of drug-likeness (QED) is 0.0662. The SMILES string of the molecule is CCCCCCCCCCCCCCCCCCC(COCC(O)COP(=O)(O)OCC(N)C(=O)O)OC. The molecule has 38 heavy (non-hydrogen) atoms. The first kappa shape index (κ1) is 37.4. The Labute approximate surface area is 230 Å². The fraction of sp³-hybridized carbons (Fsp3) is 0.963. The maximum atomic E-state index is 11.7. The van der Waals surface area contributed by atoms with Gasteiger partial charge in [-0.15, -0.1) is 0 Å². The molecule has 0 aromatic rings. The molecule has 0 radical (unpaired) electrons. The summed E-state index contributed by atoms with van der Waals surface area (Å²) < 4.78 is 31.7. The van der Waals surface area contributed by atoms with Crippen molar-refractivity contribution < 1.29 is 43.0 Å². The lowest BCUT2D eigenvalue weighted by Crippen LogP contribution is -2.34. The maximum absolute atomic E-state index is 11.7. The third-order valence-electron chi connectivity index (χ3n) is 6.49. The van der Waals surface area contributed by atoms with E-state index in [1.165, 1.54) is 89.9 Å². The van der Waals surface area contributed by atoms with Gasteiger partial charge in [-0.25, -0.2) is 4.57 Å². The van der Waals surface area contributed by atoms with Crippen molar-refractivity contribution in [3.63, 3.8) is 0 Å². The number of ether oxygens (including phenoxy) is 2. The number of hydrogen-bond donors (Lipinski definition) is 4. The van der Waals surface area contributed by atoms with Crippen LogP contribution in [-0.2, 0) is 27.9 Å². The van der Waals surface area contributed by atoms with Crippen LogP contribution in [0.1, 0.15) is 116 Å². The Morgan fingerprint density at radius 3 is 1.66 bits per heavy atom. The number of nitrogens with two attached hydrogens (primary N) is 1. The van der Waals surface area contributed by atoms with Crippen molar-refractivity contribution in [2.45, 2.75) is 134 Å². The number of methoxy groups -OCH3 is 1. The molecule has 0 fully saturated rings. The molecule has 10 nitrogen and oxygen atoms in total. The van der Waals surface area contributed by atoms with Gasteiger partial charge in [0.05, 0.1) is 32.5 Å². The van der Waals surface area contributed by atoms with Gasteiger partial charge in [0, 0.05) is 7.11 Å². The van der Waals surface area contributed by atoms with Crippen molar-refractivity contribution in [2.24, 2.45) is 5.73 Å². The predicted molar refractivity (Wildman–Crippen MR) is 149 cm³/mol. The first-order chi connectivity index (χ1) is 18.2. The Hall–Kier alpha value is -0.580. The molecule has 0 bridgehead atoms. The van der Waals surface area contributed by atoms with Crippen molar-refractivity contribution in [2.75, 3.05) is 33.5 Å². The van der Waals surface area contributed by atoms with E-state index in [9.17, 15) is 19.4 Å². The van der Waals surface area contributed by atoms with E-state index < -0.39 is 39.2 Å². The monoisotopic (exact) mass is 569 g/mol.